The molecule has 0 radical (unpaired) electrons. The van der Waals surface area contributed by atoms with Crippen LogP contribution < -0.4 is 5.32 Å². The summed E-state index contributed by atoms with van der Waals surface area (Å²) in [7, 11) is 0. The zero-order chi connectivity index (χ0) is 9.52. The maximum absolute atomic E-state index is 4.07. The van der Waals surface area contributed by atoms with Gasteiger partial charge in [0.25, 0.3) is 0 Å². The van der Waals surface area contributed by atoms with E-state index in [9.17, 15) is 0 Å². The van der Waals surface area contributed by atoms with Crippen LogP contribution in [-0.2, 0) is 0 Å². The molecule has 2 nitrogen and oxygen atoms in total. The summed E-state index contributed by atoms with van der Waals surface area (Å²) in [5.74, 6) is 0. The third-order valence-electron chi connectivity index (χ3n) is 1.89. The molecule has 1 aromatic heterocycles. The summed E-state index contributed by atoms with van der Waals surface area (Å²) in [6.45, 7) is 6.12. The smallest absolute Gasteiger partial charge is 0.0342 e. The second-order valence-electron chi connectivity index (χ2n) is 2.94. The number of hydrogen-bond donors (Lipinski definition) is 1. The first-order valence-corrected chi connectivity index (χ1v) is 4.62. The minimum atomic E-state index is 0.921. The van der Waals surface area contributed by atoms with Crippen LogP contribution in [0.3, 0.4) is 0 Å². The van der Waals surface area contributed by atoms with Gasteiger partial charge in [-0.2, -0.15) is 0 Å². The zero-order valence-electron chi connectivity index (χ0n) is 8.25. The highest BCUT2D eigenvalue weighted by atomic mass is 14.8. The van der Waals surface area contributed by atoms with Crippen LogP contribution in [-0.4, -0.2) is 18.1 Å². The molecule has 0 bridgehead atoms. The van der Waals surface area contributed by atoms with Crippen molar-refractivity contribution >= 4 is 6.08 Å². The van der Waals surface area contributed by atoms with Crippen LogP contribution in [0.2, 0.25) is 0 Å². The van der Waals surface area contributed by atoms with Crippen molar-refractivity contribution in [2.75, 3.05) is 13.1 Å². The lowest BCUT2D eigenvalue weighted by Crippen LogP contribution is -2.11. The van der Waals surface area contributed by atoms with Crippen LogP contribution in [0.5, 0.6) is 0 Å². The molecule has 1 rings (SSSR count). The molecular weight excluding hydrogens is 160 g/mol. The monoisotopic (exact) mass is 176 g/mol. The van der Waals surface area contributed by atoms with Gasteiger partial charge in [0.15, 0.2) is 0 Å². The molecule has 0 aliphatic rings. The van der Waals surface area contributed by atoms with Crippen LogP contribution >= 0.6 is 0 Å². The van der Waals surface area contributed by atoms with E-state index in [0.717, 1.165) is 13.1 Å². The van der Waals surface area contributed by atoms with Crippen molar-refractivity contribution in [3.8, 4) is 0 Å². The van der Waals surface area contributed by atoms with Crippen LogP contribution in [0, 0.1) is 6.92 Å². The van der Waals surface area contributed by atoms with E-state index in [1.54, 1.807) is 0 Å². The van der Waals surface area contributed by atoms with E-state index in [-0.39, 0.29) is 0 Å². The van der Waals surface area contributed by atoms with Crippen molar-refractivity contribution < 1.29 is 0 Å². The molecule has 1 N–H and O–H groups in total. The lowest BCUT2D eigenvalue weighted by Gasteiger charge is -1.98. The average molecular weight is 176 g/mol. The molecule has 2 heteroatoms. The third-order valence-corrected chi connectivity index (χ3v) is 1.89. The van der Waals surface area contributed by atoms with E-state index in [4.69, 9.17) is 0 Å². The minimum Gasteiger partial charge on any atom is -0.314 e. The SMILES string of the molecule is CCNC/C=C/c1cnccc1C. The summed E-state index contributed by atoms with van der Waals surface area (Å²) < 4.78 is 0. The van der Waals surface area contributed by atoms with E-state index in [2.05, 4.69) is 36.3 Å². The van der Waals surface area contributed by atoms with Crippen LogP contribution in [0.1, 0.15) is 18.1 Å². The van der Waals surface area contributed by atoms with Crippen molar-refractivity contribution in [2.24, 2.45) is 0 Å². The second kappa shape index (κ2) is 5.49. The van der Waals surface area contributed by atoms with Gasteiger partial charge in [0.1, 0.15) is 0 Å². The van der Waals surface area contributed by atoms with Gasteiger partial charge in [-0.1, -0.05) is 19.1 Å². The number of hydrogen-bond acceptors (Lipinski definition) is 2. The third kappa shape index (κ3) is 3.38. The average Bonchev–Trinajstić information content (AvgIpc) is 2.15. The quantitative estimate of drug-likeness (QED) is 0.710. The Morgan fingerprint density at radius 3 is 3.08 bits per heavy atom. The van der Waals surface area contributed by atoms with Gasteiger partial charge in [0.05, 0.1) is 0 Å². The molecule has 0 amide bonds. The predicted octanol–water partition coefficient (Wildman–Crippen LogP) is 2.01. The Labute approximate surface area is 79.7 Å². The second-order valence-corrected chi connectivity index (χ2v) is 2.94. The normalized spacial score (nSPS) is 10.9. The lowest BCUT2D eigenvalue weighted by molar-refractivity contribution is 0.801. The Balaban J connectivity index is 2.53. The van der Waals surface area contributed by atoms with Crippen molar-refractivity contribution in [1.82, 2.24) is 10.3 Å². The van der Waals surface area contributed by atoms with Gasteiger partial charge in [0.2, 0.25) is 0 Å². The standard InChI is InChI=1S/C11H16N2/c1-3-12-7-4-5-11-9-13-8-6-10(11)2/h4-6,8-9,12H,3,7H2,1-2H3/b5-4+. The van der Waals surface area contributed by atoms with Crippen molar-refractivity contribution in [2.45, 2.75) is 13.8 Å². The molecule has 1 heterocycles. The topological polar surface area (TPSA) is 24.9 Å². The molecule has 0 aliphatic carbocycles. The summed E-state index contributed by atoms with van der Waals surface area (Å²) in [5.41, 5.74) is 2.46. The zero-order valence-corrected chi connectivity index (χ0v) is 8.25. The summed E-state index contributed by atoms with van der Waals surface area (Å²) >= 11 is 0. The summed E-state index contributed by atoms with van der Waals surface area (Å²) in [4.78, 5) is 4.07. The van der Waals surface area contributed by atoms with Gasteiger partial charge >= 0.3 is 0 Å². The Morgan fingerprint density at radius 1 is 1.54 bits per heavy atom. The molecule has 70 valence electrons. The van der Waals surface area contributed by atoms with Crippen LogP contribution in [0.25, 0.3) is 6.08 Å². The van der Waals surface area contributed by atoms with Gasteiger partial charge in [-0.15, -0.1) is 0 Å². The molecule has 0 saturated carbocycles. The van der Waals surface area contributed by atoms with Gasteiger partial charge in [0, 0.05) is 18.9 Å². The van der Waals surface area contributed by atoms with E-state index >= 15 is 0 Å². The molecular formula is C11H16N2. The number of nitrogens with one attached hydrogen (secondary N) is 1. The number of nitrogens with zero attached hydrogens (tertiary/aromatic N) is 1. The molecule has 0 spiro atoms. The molecule has 0 fully saturated rings. The fraction of sp³-hybridized carbons (Fsp3) is 0.364. The Hall–Kier alpha value is -1.15. The van der Waals surface area contributed by atoms with Gasteiger partial charge in [-0.3, -0.25) is 4.98 Å². The van der Waals surface area contributed by atoms with Crippen LogP contribution in [0.15, 0.2) is 24.5 Å². The predicted molar refractivity (Wildman–Crippen MR) is 56.6 cm³/mol. The molecule has 0 saturated heterocycles. The fourth-order valence-corrected chi connectivity index (χ4v) is 1.06. The van der Waals surface area contributed by atoms with Crippen molar-refractivity contribution in [3.05, 3.63) is 35.7 Å². The largest absolute Gasteiger partial charge is 0.314 e. The lowest BCUT2D eigenvalue weighted by atomic mass is 10.1. The number of rotatable bonds is 4. The fourth-order valence-electron chi connectivity index (χ4n) is 1.06. The number of aromatic nitrogens is 1. The van der Waals surface area contributed by atoms with E-state index < -0.39 is 0 Å². The number of likely N-dealkylation sites (N-methyl/N-ethyl adjacent to an activating group) is 1. The Morgan fingerprint density at radius 2 is 2.38 bits per heavy atom. The van der Waals surface area contributed by atoms with Crippen molar-refractivity contribution in [3.63, 3.8) is 0 Å². The molecule has 0 aliphatic heterocycles. The first-order valence-electron chi connectivity index (χ1n) is 4.62. The summed E-state index contributed by atoms with van der Waals surface area (Å²) in [5, 5.41) is 3.23. The molecule has 0 atom stereocenters. The Bertz CT molecular complexity index is 279. The summed E-state index contributed by atoms with van der Waals surface area (Å²) in [6.07, 6.45) is 7.92. The molecule has 13 heavy (non-hydrogen) atoms. The number of aryl methyl sites for hydroxylation is 1. The highest BCUT2D eigenvalue weighted by Crippen LogP contribution is 2.06. The summed E-state index contributed by atoms with van der Waals surface area (Å²) in [6, 6.07) is 2.02. The first kappa shape index (κ1) is 9.93. The minimum absolute atomic E-state index is 0.921. The maximum Gasteiger partial charge on any atom is 0.0342 e. The highest BCUT2D eigenvalue weighted by Gasteiger charge is 1.90. The van der Waals surface area contributed by atoms with Crippen LogP contribution in [0.4, 0.5) is 0 Å². The van der Waals surface area contributed by atoms with Gasteiger partial charge in [-0.05, 0) is 30.7 Å². The highest BCUT2D eigenvalue weighted by molar-refractivity contribution is 5.51. The molecule has 0 aromatic carbocycles. The molecule has 0 unspecified atom stereocenters. The maximum atomic E-state index is 4.07. The Kier molecular flexibility index (Phi) is 4.19. The van der Waals surface area contributed by atoms with E-state index in [0.29, 0.717) is 0 Å². The van der Waals surface area contributed by atoms with Gasteiger partial charge < -0.3 is 5.32 Å². The molecule has 1 aromatic rings. The van der Waals surface area contributed by atoms with E-state index in [1.807, 2.05) is 18.5 Å². The number of pyridine rings is 1. The van der Waals surface area contributed by atoms with Crippen molar-refractivity contribution in [1.29, 1.82) is 0 Å². The van der Waals surface area contributed by atoms with E-state index in [1.165, 1.54) is 11.1 Å². The first-order chi connectivity index (χ1) is 6.34. The van der Waals surface area contributed by atoms with Gasteiger partial charge in [-0.25, -0.2) is 0 Å².